The van der Waals surface area contributed by atoms with E-state index in [1.807, 2.05) is 24.3 Å². The van der Waals surface area contributed by atoms with E-state index in [0.717, 1.165) is 7.14 Å². The first-order valence-electron chi connectivity index (χ1n) is 9.81. The maximum atomic E-state index is 13.3. The van der Waals surface area contributed by atoms with Crippen LogP contribution in [0.1, 0.15) is 6.92 Å². The summed E-state index contributed by atoms with van der Waals surface area (Å²) in [6, 6.07) is 17.5. The Morgan fingerprint density at radius 3 is 1.57 bits per heavy atom. The second-order valence-electron chi connectivity index (χ2n) is 7.61. The molecule has 0 atom stereocenters. The minimum Gasteiger partial charge on any atom is -0.744 e. The molecule has 0 spiro atoms. The van der Waals surface area contributed by atoms with E-state index in [-0.39, 0.29) is 31.0 Å². The maximum absolute atomic E-state index is 13.3. The predicted molar refractivity (Wildman–Crippen MR) is 163 cm³/mol. The van der Waals surface area contributed by atoms with Crippen LogP contribution >= 0.6 is 90.4 Å². The molecule has 3 aromatic carbocycles. The lowest BCUT2D eigenvalue weighted by atomic mass is 9.93. The zero-order valence-electron chi connectivity index (χ0n) is 18.0. The van der Waals surface area contributed by atoms with Gasteiger partial charge in [0.05, 0.1) is 4.90 Å². The Labute approximate surface area is 258 Å². The average Bonchev–Trinajstić information content (AvgIpc) is 2.77. The summed E-state index contributed by atoms with van der Waals surface area (Å²) in [6.45, 7) is 1.61. The fraction of sp³-hybridized carbons (Fsp3) is 0.174. The summed E-state index contributed by atoms with van der Waals surface area (Å²) in [5.74, 6) is 0.671. The lowest BCUT2D eigenvalue weighted by Gasteiger charge is -2.27. The standard InChI is InChI=1S/C23H18I4O7S/c1-23(12-32-16-6-2-14(24)3-7-16,13-33-17-8-4-15(25)5-9-17)22(28)34-18-10-19(26)21(20(27)11-18)35(29,30)31/h2-11H,12-13H2,1H3,(H,29,30,31)/p-1. The van der Waals surface area contributed by atoms with Gasteiger partial charge in [-0.3, -0.25) is 4.79 Å². The number of hydrogen-bond donors (Lipinski definition) is 0. The second kappa shape index (κ2) is 12.4. The van der Waals surface area contributed by atoms with Crippen molar-refractivity contribution in [1.82, 2.24) is 0 Å². The Bertz CT molecular complexity index is 1240. The number of esters is 1. The highest BCUT2D eigenvalue weighted by molar-refractivity contribution is 14.1. The number of carbonyl (C=O) groups excluding carboxylic acids is 1. The maximum Gasteiger partial charge on any atom is 0.324 e. The van der Waals surface area contributed by atoms with E-state index in [1.54, 1.807) is 76.4 Å². The largest absolute Gasteiger partial charge is 0.744 e. The number of benzene rings is 3. The summed E-state index contributed by atoms with van der Waals surface area (Å²) in [6.07, 6.45) is 0. The molecular formula is C23H17I4O7S-. The molecule has 0 aliphatic heterocycles. The number of halogens is 4. The molecule has 0 saturated carbocycles. The first-order valence-corrected chi connectivity index (χ1v) is 15.5. The molecule has 0 fully saturated rings. The smallest absolute Gasteiger partial charge is 0.324 e. The molecule has 0 heterocycles. The van der Waals surface area contributed by atoms with E-state index in [4.69, 9.17) is 14.2 Å². The Balaban J connectivity index is 1.84. The monoisotopic (exact) mass is 945 g/mol. The molecule has 3 aromatic rings. The summed E-state index contributed by atoms with van der Waals surface area (Å²) >= 11 is 7.84. The number of carbonyl (C=O) groups is 1. The van der Waals surface area contributed by atoms with Crippen molar-refractivity contribution in [2.24, 2.45) is 5.41 Å². The highest BCUT2D eigenvalue weighted by atomic mass is 127. The van der Waals surface area contributed by atoms with Gasteiger partial charge in [-0.2, -0.15) is 0 Å². The van der Waals surface area contributed by atoms with Gasteiger partial charge in [0.2, 0.25) is 0 Å². The Morgan fingerprint density at radius 2 is 1.20 bits per heavy atom. The van der Waals surface area contributed by atoms with Gasteiger partial charge in [-0.15, -0.1) is 0 Å². The lowest BCUT2D eigenvalue weighted by molar-refractivity contribution is -0.148. The number of ether oxygens (including phenoxy) is 3. The van der Waals surface area contributed by atoms with Gasteiger partial charge >= 0.3 is 5.97 Å². The molecule has 3 rings (SSSR count). The molecular weight excluding hydrogens is 928 g/mol. The van der Waals surface area contributed by atoms with E-state index in [9.17, 15) is 17.8 Å². The average molecular weight is 945 g/mol. The molecule has 0 radical (unpaired) electrons. The van der Waals surface area contributed by atoms with Crippen molar-refractivity contribution in [3.63, 3.8) is 0 Å². The number of hydrogen-bond acceptors (Lipinski definition) is 7. The van der Waals surface area contributed by atoms with E-state index in [1.165, 1.54) is 12.1 Å². The van der Waals surface area contributed by atoms with Crippen molar-refractivity contribution in [2.75, 3.05) is 13.2 Å². The predicted octanol–water partition coefficient (Wildman–Crippen LogP) is 6.08. The SMILES string of the molecule is CC(COc1ccc(I)cc1)(COc1ccc(I)cc1)C(=O)Oc1cc(I)c(S(=O)(=O)[O-])c(I)c1. The zero-order chi connectivity index (χ0) is 25.8. The minimum atomic E-state index is -4.67. The normalized spacial score (nSPS) is 11.7. The first-order chi connectivity index (χ1) is 16.4. The molecule has 35 heavy (non-hydrogen) atoms. The molecule has 0 bridgehead atoms. The Hall–Kier alpha value is -0.440. The quantitative estimate of drug-likeness (QED) is 0.111. The van der Waals surface area contributed by atoms with Crippen molar-refractivity contribution in [3.05, 3.63) is 74.9 Å². The van der Waals surface area contributed by atoms with E-state index >= 15 is 0 Å². The van der Waals surface area contributed by atoms with Crippen LogP contribution in [0.15, 0.2) is 65.6 Å². The van der Waals surface area contributed by atoms with Gasteiger partial charge < -0.3 is 18.8 Å². The van der Waals surface area contributed by atoms with Crippen LogP contribution in [-0.2, 0) is 14.9 Å². The van der Waals surface area contributed by atoms with E-state index in [2.05, 4.69) is 45.2 Å². The third kappa shape index (κ3) is 8.27. The van der Waals surface area contributed by atoms with E-state index < -0.39 is 21.5 Å². The molecule has 0 N–H and O–H groups in total. The van der Waals surface area contributed by atoms with Gasteiger partial charge in [-0.05, 0) is 158 Å². The highest BCUT2D eigenvalue weighted by Crippen LogP contribution is 2.31. The first kappa shape index (κ1) is 29.1. The van der Waals surface area contributed by atoms with Crippen molar-refractivity contribution in [3.8, 4) is 17.2 Å². The van der Waals surface area contributed by atoms with Crippen molar-refractivity contribution in [1.29, 1.82) is 0 Å². The molecule has 7 nitrogen and oxygen atoms in total. The van der Waals surface area contributed by atoms with Crippen molar-refractivity contribution in [2.45, 2.75) is 11.8 Å². The van der Waals surface area contributed by atoms with Gasteiger partial charge in [0.1, 0.15) is 46.0 Å². The van der Waals surface area contributed by atoms with Crippen LogP contribution in [0.25, 0.3) is 0 Å². The van der Waals surface area contributed by atoms with Crippen LogP contribution in [0.4, 0.5) is 0 Å². The van der Waals surface area contributed by atoms with Gasteiger partial charge in [0.15, 0.2) is 0 Å². The van der Waals surface area contributed by atoms with Crippen LogP contribution in [0, 0.1) is 19.7 Å². The third-order valence-corrected chi connectivity index (χ3v) is 9.48. The summed E-state index contributed by atoms with van der Waals surface area (Å²) < 4.78 is 54.5. The lowest BCUT2D eigenvalue weighted by Crippen LogP contribution is -2.42. The van der Waals surface area contributed by atoms with Gasteiger partial charge in [0, 0.05) is 14.3 Å². The molecule has 0 aromatic heterocycles. The highest BCUT2D eigenvalue weighted by Gasteiger charge is 2.38. The molecule has 0 amide bonds. The van der Waals surface area contributed by atoms with Crippen LogP contribution in [0.3, 0.4) is 0 Å². The van der Waals surface area contributed by atoms with E-state index in [0.29, 0.717) is 11.5 Å². The summed E-state index contributed by atoms with van der Waals surface area (Å²) in [5, 5.41) is 0. The Kier molecular flexibility index (Phi) is 10.3. The summed E-state index contributed by atoms with van der Waals surface area (Å²) in [5.41, 5.74) is -1.22. The third-order valence-electron chi connectivity index (χ3n) is 4.67. The number of rotatable bonds is 9. The van der Waals surface area contributed by atoms with Crippen LogP contribution < -0.4 is 14.2 Å². The molecule has 0 aliphatic carbocycles. The Morgan fingerprint density at radius 1 is 0.800 bits per heavy atom. The molecule has 0 aliphatic rings. The minimum absolute atomic E-state index is 0.0298. The molecule has 0 saturated heterocycles. The second-order valence-corrected chi connectivity index (χ2v) is 13.7. The fourth-order valence-electron chi connectivity index (χ4n) is 2.77. The van der Waals surface area contributed by atoms with Crippen molar-refractivity contribution < 1.29 is 32.0 Å². The van der Waals surface area contributed by atoms with Crippen molar-refractivity contribution >= 4 is 106 Å². The summed E-state index contributed by atoms with van der Waals surface area (Å²) in [4.78, 5) is 13.0. The van der Waals surface area contributed by atoms with Gasteiger partial charge in [0.25, 0.3) is 0 Å². The van der Waals surface area contributed by atoms with Crippen LogP contribution in [-0.4, -0.2) is 32.2 Å². The molecule has 186 valence electrons. The van der Waals surface area contributed by atoms with Gasteiger partial charge in [-0.25, -0.2) is 8.42 Å². The topological polar surface area (TPSA) is 102 Å². The fourth-order valence-corrected chi connectivity index (χ4v) is 7.41. The zero-order valence-corrected chi connectivity index (χ0v) is 27.4. The molecule has 12 heteroatoms. The molecule has 0 unspecified atom stereocenters. The van der Waals surface area contributed by atoms with Gasteiger partial charge in [-0.1, -0.05) is 0 Å². The van der Waals surface area contributed by atoms with Crippen LogP contribution in [0.5, 0.6) is 17.2 Å². The summed E-state index contributed by atoms with van der Waals surface area (Å²) in [7, 11) is -4.67. The van der Waals surface area contributed by atoms with Crippen LogP contribution in [0.2, 0.25) is 0 Å².